The molecule has 0 fully saturated rings. The first-order valence-corrected chi connectivity index (χ1v) is 7.84. The quantitative estimate of drug-likeness (QED) is 0.680. The van der Waals surface area contributed by atoms with Crippen LogP contribution in [-0.2, 0) is 11.2 Å². The fourth-order valence-electron chi connectivity index (χ4n) is 2.11. The minimum atomic E-state index is -0.0146. The van der Waals surface area contributed by atoms with Crippen LogP contribution in [0.1, 0.15) is 11.3 Å². The second kappa shape index (κ2) is 6.53. The molecule has 0 bridgehead atoms. The Morgan fingerprint density at radius 3 is 3.05 bits per heavy atom. The van der Waals surface area contributed by atoms with Crippen LogP contribution < -0.4 is 0 Å². The summed E-state index contributed by atoms with van der Waals surface area (Å²) in [5.74, 6) is -0.0146. The lowest BCUT2D eigenvalue weighted by atomic mass is 10.2. The van der Waals surface area contributed by atoms with Gasteiger partial charge in [0, 0.05) is 43.6 Å². The Hall–Kier alpha value is -2.47. The molecule has 3 aromatic heterocycles. The number of amides is 1. The number of imidazole rings is 1. The summed E-state index contributed by atoms with van der Waals surface area (Å²) in [6.45, 7) is 0.674. The van der Waals surface area contributed by atoms with E-state index in [4.69, 9.17) is 0 Å². The molecule has 3 heterocycles. The van der Waals surface area contributed by atoms with E-state index in [0.717, 1.165) is 17.1 Å². The maximum Gasteiger partial charge on any atom is 0.246 e. The molecule has 0 aliphatic rings. The second-order valence-electron chi connectivity index (χ2n) is 4.94. The molecule has 3 aromatic rings. The number of carbonyl (C=O) groups is 1. The summed E-state index contributed by atoms with van der Waals surface area (Å²) in [5, 5.41) is 1.97. The van der Waals surface area contributed by atoms with Crippen molar-refractivity contribution in [2.45, 2.75) is 6.42 Å². The Morgan fingerprint density at radius 2 is 2.23 bits per heavy atom. The van der Waals surface area contributed by atoms with Crippen molar-refractivity contribution in [1.82, 2.24) is 19.3 Å². The molecule has 0 spiro atoms. The van der Waals surface area contributed by atoms with Crippen molar-refractivity contribution in [3.63, 3.8) is 0 Å². The number of likely N-dealkylation sites (N-methyl/N-ethyl adjacent to an activating group) is 1. The van der Waals surface area contributed by atoms with E-state index in [0.29, 0.717) is 6.54 Å². The van der Waals surface area contributed by atoms with Crippen molar-refractivity contribution < 1.29 is 4.79 Å². The molecule has 5 nitrogen and oxygen atoms in total. The maximum atomic E-state index is 12.1. The highest BCUT2D eigenvalue weighted by molar-refractivity contribution is 7.15. The number of pyridine rings is 1. The van der Waals surface area contributed by atoms with E-state index in [2.05, 4.69) is 9.97 Å². The molecule has 112 valence electrons. The lowest BCUT2D eigenvalue weighted by Gasteiger charge is -2.14. The number of carbonyl (C=O) groups excluding carboxylic acids is 1. The number of hydrogen-bond acceptors (Lipinski definition) is 4. The van der Waals surface area contributed by atoms with Crippen LogP contribution in [0.3, 0.4) is 0 Å². The van der Waals surface area contributed by atoms with Gasteiger partial charge < -0.3 is 4.90 Å². The van der Waals surface area contributed by atoms with E-state index in [-0.39, 0.29) is 5.91 Å². The molecule has 3 rings (SSSR count). The summed E-state index contributed by atoms with van der Waals surface area (Å²) in [5.41, 5.74) is 2.08. The van der Waals surface area contributed by atoms with Crippen molar-refractivity contribution in [3.8, 4) is 0 Å². The lowest BCUT2D eigenvalue weighted by molar-refractivity contribution is -0.124. The van der Waals surface area contributed by atoms with Crippen LogP contribution in [0.4, 0.5) is 0 Å². The molecule has 0 unspecified atom stereocenters. The Labute approximate surface area is 132 Å². The number of rotatable bonds is 5. The predicted octanol–water partition coefficient (Wildman–Crippen LogP) is 2.51. The highest BCUT2D eigenvalue weighted by Crippen LogP contribution is 2.13. The van der Waals surface area contributed by atoms with Crippen molar-refractivity contribution in [2.75, 3.05) is 13.6 Å². The van der Waals surface area contributed by atoms with Crippen molar-refractivity contribution >= 4 is 28.3 Å². The van der Waals surface area contributed by atoms with E-state index in [1.54, 1.807) is 47.0 Å². The van der Waals surface area contributed by atoms with E-state index < -0.39 is 0 Å². The molecule has 0 aliphatic heterocycles. The smallest absolute Gasteiger partial charge is 0.246 e. The molecular weight excluding hydrogens is 296 g/mol. The Morgan fingerprint density at radius 1 is 1.41 bits per heavy atom. The van der Waals surface area contributed by atoms with Crippen molar-refractivity contribution in [2.24, 2.45) is 0 Å². The molecule has 0 aromatic carbocycles. The molecule has 0 saturated heterocycles. The molecule has 6 heteroatoms. The molecule has 1 amide bonds. The number of nitrogens with zero attached hydrogens (tertiary/aromatic N) is 4. The average molecular weight is 312 g/mol. The summed E-state index contributed by atoms with van der Waals surface area (Å²) in [6, 6.07) is 3.93. The SMILES string of the molecule is CN(CCc1ccncc1)C(=O)/C=C/c1cnc2sccn12. The summed E-state index contributed by atoms with van der Waals surface area (Å²) in [6.07, 6.45) is 11.5. The van der Waals surface area contributed by atoms with Gasteiger partial charge in [-0.15, -0.1) is 11.3 Å². The molecule has 0 radical (unpaired) electrons. The number of thiazole rings is 1. The number of fused-ring (bicyclic) bond motifs is 1. The summed E-state index contributed by atoms with van der Waals surface area (Å²) < 4.78 is 1.96. The topological polar surface area (TPSA) is 50.5 Å². The lowest BCUT2D eigenvalue weighted by Crippen LogP contribution is -2.27. The third-order valence-corrected chi connectivity index (χ3v) is 4.20. The third-order valence-electron chi connectivity index (χ3n) is 3.43. The first-order chi connectivity index (χ1) is 10.7. The van der Waals surface area contributed by atoms with Crippen LogP contribution in [-0.4, -0.2) is 38.8 Å². The van der Waals surface area contributed by atoms with Gasteiger partial charge >= 0.3 is 0 Å². The standard InChI is InChI=1S/C16H16N4OS/c1-19(9-6-13-4-7-17-8-5-13)15(21)3-2-14-12-18-16-20(14)10-11-22-16/h2-5,7-8,10-12H,6,9H2,1H3/b3-2+. The molecule has 0 saturated carbocycles. The van der Waals surface area contributed by atoms with E-state index in [1.807, 2.05) is 35.2 Å². The zero-order valence-electron chi connectivity index (χ0n) is 12.2. The summed E-state index contributed by atoms with van der Waals surface area (Å²) >= 11 is 1.57. The largest absolute Gasteiger partial charge is 0.342 e. The average Bonchev–Trinajstić information content (AvgIpc) is 3.15. The van der Waals surface area contributed by atoms with Crippen molar-refractivity contribution in [3.05, 3.63) is 59.6 Å². The predicted molar refractivity (Wildman–Crippen MR) is 87.7 cm³/mol. The van der Waals surface area contributed by atoms with Crippen LogP contribution in [0.5, 0.6) is 0 Å². The summed E-state index contributed by atoms with van der Waals surface area (Å²) in [4.78, 5) is 23.0. The first kappa shape index (κ1) is 14.5. The zero-order valence-corrected chi connectivity index (χ0v) is 13.0. The van der Waals surface area contributed by atoms with Crippen molar-refractivity contribution in [1.29, 1.82) is 0 Å². The van der Waals surface area contributed by atoms with Gasteiger partial charge in [0.05, 0.1) is 11.9 Å². The van der Waals surface area contributed by atoms with E-state index in [1.165, 1.54) is 5.56 Å². The van der Waals surface area contributed by atoms with Crippen LogP contribution in [0.15, 0.2) is 48.4 Å². The Bertz CT molecular complexity index is 791. The van der Waals surface area contributed by atoms with E-state index in [9.17, 15) is 4.79 Å². The van der Waals surface area contributed by atoms with Gasteiger partial charge in [-0.1, -0.05) is 0 Å². The molecule has 0 aliphatic carbocycles. The highest BCUT2D eigenvalue weighted by atomic mass is 32.1. The second-order valence-corrected chi connectivity index (χ2v) is 5.81. The van der Waals surface area contributed by atoms with E-state index >= 15 is 0 Å². The molecule has 22 heavy (non-hydrogen) atoms. The van der Waals surface area contributed by atoms with Gasteiger partial charge in [-0.3, -0.25) is 14.2 Å². The Balaban J connectivity index is 1.59. The highest BCUT2D eigenvalue weighted by Gasteiger charge is 2.06. The third kappa shape index (κ3) is 3.23. The minimum absolute atomic E-state index is 0.0146. The number of aromatic nitrogens is 3. The van der Waals surface area contributed by atoms with Gasteiger partial charge in [-0.05, 0) is 30.2 Å². The van der Waals surface area contributed by atoms with Crippen LogP contribution in [0.25, 0.3) is 11.0 Å². The molecular formula is C16H16N4OS. The molecule has 0 atom stereocenters. The number of hydrogen-bond donors (Lipinski definition) is 0. The van der Waals surface area contributed by atoms with Gasteiger partial charge in [0.25, 0.3) is 0 Å². The minimum Gasteiger partial charge on any atom is -0.342 e. The van der Waals surface area contributed by atoms with Gasteiger partial charge in [0.2, 0.25) is 5.91 Å². The zero-order chi connectivity index (χ0) is 15.4. The fraction of sp³-hybridized carbons (Fsp3) is 0.188. The van der Waals surface area contributed by atoms with Crippen LogP contribution >= 0.6 is 11.3 Å². The van der Waals surface area contributed by atoms with Gasteiger partial charge in [-0.2, -0.15) is 0 Å². The van der Waals surface area contributed by atoms with Gasteiger partial charge in [0.1, 0.15) is 0 Å². The first-order valence-electron chi connectivity index (χ1n) is 6.96. The van der Waals surface area contributed by atoms with Gasteiger partial charge in [0.15, 0.2) is 4.96 Å². The fourth-order valence-corrected chi connectivity index (χ4v) is 2.81. The molecule has 0 N–H and O–H groups in total. The van der Waals surface area contributed by atoms with Crippen LogP contribution in [0.2, 0.25) is 0 Å². The maximum absolute atomic E-state index is 12.1. The monoisotopic (exact) mass is 312 g/mol. The van der Waals surface area contributed by atoms with Gasteiger partial charge in [-0.25, -0.2) is 4.98 Å². The summed E-state index contributed by atoms with van der Waals surface area (Å²) in [7, 11) is 1.81. The Kier molecular flexibility index (Phi) is 4.29. The van der Waals surface area contributed by atoms with Crippen LogP contribution in [0, 0.1) is 0 Å². The normalized spacial score (nSPS) is 11.3.